The number of ether oxygens (including phenoxy) is 1. The highest BCUT2D eigenvalue weighted by molar-refractivity contribution is 5.57. The third kappa shape index (κ3) is 2.33. The van der Waals surface area contributed by atoms with Crippen molar-refractivity contribution in [3.8, 4) is 11.8 Å². The Hall–Kier alpha value is -1.82. The molecule has 0 bridgehead atoms. The van der Waals surface area contributed by atoms with E-state index in [9.17, 15) is 4.39 Å². The van der Waals surface area contributed by atoms with Gasteiger partial charge in [0.25, 0.3) is 0 Å². The first kappa shape index (κ1) is 10.3. The van der Waals surface area contributed by atoms with Crippen molar-refractivity contribution in [1.82, 2.24) is 0 Å². The summed E-state index contributed by atoms with van der Waals surface area (Å²) in [4.78, 5) is 0. The van der Waals surface area contributed by atoms with Gasteiger partial charge < -0.3 is 4.74 Å². The molecule has 0 aliphatic heterocycles. The van der Waals surface area contributed by atoms with Crippen molar-refractivity contribution in [2.24, 2.45) is 0 Å². The molecule has 0 N–H and O–H groups in total. The van der Waals surface area contributed by atoms with Crippen LogP contribution in [0.2, 0.25) is 0 Å². The number of hydrogen-bond acceptors (Lipinski definition) is 2. The monoisotopic (exact) mass is 191 g/mol. The van der Waals surface area contributed by atoms with Gasteiger partial charge in [0.15, 0.2) is 11.6 Å². The summed E-state index contributed by atoms with van der Waals surface area (Å²) < 4.78 is 18.0. The highest BCUT2D eigenvalue weighted by Gasteiger charge is 2.04. The van der Waals surface area contributed by atoms with Gasteiger partial charge in [0.05, 0.1) is 19.6 Å². The van der Waals surface area contributed by atoms with Crippen LogP contribution >= 0.6 is 0 Å². The first-order valence-electron chi connectivity index (χ1n) is 4.15. The molecule has 0 heterocycles. The van der Waals surface area contributed by atoms with Gasteiger partial charge in [-0.2, -0.15) is 5.26 Å². The molecule has 0 spiro atoms. The second-order valence-electron chi connectivity index (χ2n) is 2.63. The summed E-state index contributed by atoms with van der Waals surface area (Å²) >= 11 is 0. The van der Waals surface area contributed by atoms with Gasteiger partial charge in [-0.05, 0) is 6.07 Å². The lowest BCUT2D eigenvalue weighted by atomic mass is 10.1. The zero-order valence-electron chi connectivity index (χ0n) is 7.83. The molecule has 0 saturated carbocycles. The first-order valence-corrected chi connectivity index (χ1v) is 4.15. The zero-order valence-corrected chi connectivity index (χ0v) is 7.83. The molecular weight excluding hydrogens is 181 g/mol. The lowest BCUT2D eigenvalue weighted by Gasteiger charge is -2.04. The van der Waals surface area contributed by atoms with Gasteiger partial charge in [-0.1, -0.05) is 24.3 Å². The SMILES string of the molecule is COc1c(F)cccc1C=CCC#N. The van der Waals surface area contributed by atoms with Gasteiger partial charge in [0.2, 0.25) is 0 Å². The molecule has 14 heavy (non-hydrogen) atoms. The summed E-state index contributed by atoms with van der Waals surface area (Å²) in [5, 5.41) is 8.32. The average Bonchev–Trinajstić information content (AvgIpc) is 2.18. The minimum absolute atomic E-state index is 0.210. The molecule has 1 aromatic rings. The van der Waals surface area contributed by atoms with Gasteiger partial charge in [0, 0.05) is 5.56 Å². The Morgan fingerprint density at radius 1 is 1.57 bits per heavy atom. The smallest absolute Gasteiger partial charge is 0.165 e. The van der Waals surface area contributed by atoms with Gasteiger partial charge in [-0.15, -0.1) is 0 Å². The summed E-state index contributed by atoms with van der Waals surface area (Å²) in [6, 6.07) is 6.64. The quantitative estimate of drug-likeness (QED) is 0.735. The Kier molecular flexibility index (Phi) is 3.69. The molecule has 0 fully saturated rings. The molecule has 72 valence electrons. The van der Waals surface area contributed by atoms with E-state index < -0.39 is 5.82 Å². The van der Waals surface area contributed by atoms with E-state index in [1.807, 2.05) is 6.07 Å². The van der Waals surface area contributed by atoms with Crippen molar-refractivity contribution in [3.05, 3.63) is 35.7 Å². The number of benzene rings is 1. The molecule has 1 rings (SSSR count). The Bertz CT molecular complexity index is 379. The van der Waals surface area contributed by atoms with Gasteiger partial charge >= 0.3 is 0 Å². The van der Waals surface area contributed by atoms with E-state index in [-0.39, 0.29) is 5.75 Å². The standard InChI is InChI=1S/C11H10FNO/c1-14-11-9(5-2-3-8-13)6-4-7-10(11)12/h2,4-7H,3H2,1H3. The predicted molar refractivity (Wildman–Crippen MR) is 52.2 cm³/mol. The number of hydrogen-bond donors (Lipinski definition) is 0. The van der Waals surface area contributed by atoms with Crippen LogP contribution in [0, 0.1) is 17.1 Å². The summed E-state index contributed by atoms with van der Waals surface area (Å²) in [5.41, 5.74) is 0.641. The van der Waals surface area contributed by atoms with Crippen molar-refractivity contribution in [2.75, 3.05) is 7.11 Å². The maximum atomic E-state index is 13.1. The van der Waals surface area contributed by atoms with Crippen molar-refractivity contribution < 1.29 is 9.13 Å². The van der Waals surface area contributed by atoms with Crippen molar-refractivity contribution in [1.29, 1.82) is 5.26 Å². The van der Waals surface area contributed by atoms with E-state index in [2.05, 4.69) is 0 Å². The van der Waals surface area contributed by atoms with Crippen molar-refractivity contribution >= 4 is 6.08 Å². The largest absolute Gasteiger partial charge is 0.493 e. The molecule has 0 saturated heterocycles. The number of nitriles is 1. The summed E-state index contributed by atoms with van der Waals surface area (Å²) in [7, 11) is 1.42. The van der Waals surface area contributed by atoms with E-state index in [1.165, 1.54) is 13.2 Å². The van der Waals surface area contributed by atoms with Crippen LogP contribution in [-0.4, -0.2) is 7.11 Å². The summed E-state index contributed by atoms with van der Waals surface area (Å²) in [5.74, 6) is -0.187. The van der Waals surface area contributed by atoms with Gasteiger partial charge in [-0.25, -0.2) is 4.39 Å². The van der Waals surface area contributed by atoms with Crippen LogP contribution in [0.4, 0.5) is 4.39 Å². The van der Waals surface area contributed by atoms with E-state index in [1.54, 1.807) is 24.3 Å². The number of methoxy groups -OCH3 is 1. The molecule has 0 amide bonds. The van der Waals surface area contributed by atoms with Crippen LogP contribution in [-0.2, 0) is 0 Å². The first-order chi connectivity index (χ1) is 6.79. The van der Waals surface area contributed by atoms with Crippen LogP contribution in [0.15, 0.2) is 24.3 Å². The lowest BCUT2D eigenvalue weighted by molar-refractivity contribution is 0.385. The fourth-order valence-corrected chi connectivity index (χ4v) is 1.11. The highest BCUT2D eigenvalue weighted by atomic mass is 19.1. The van der Waals surface area contributed by atoms with E-state index >= 15 is 0 Å². The van der Waals surface area contributed by atoms with Crippen LogP contribution in [0.5, 0.6) is 5.75 Å². The number of nitrogens with zero attached hydrogens (tertiary/aromatic N) is 1. The van der Waals surface area contributed by atoms with E-state index in [4.69, 9.17) is 10.00 Å². The average molecular weight is 191 g/mol. The number of rotatable bonds is 3. The molecule has 0 atom stereocenters. The maximum absolute atomic E-state index is 13.1. The van der Waals surface area contributed by atoms with Crippen LogP contribution in [0.1, 0.15) is 12.0 Å². The molecule has 0 radical (unpaired) electrons. The summed E-state index contributed by atoms with van der Waals surface area (Å²) in [6.45, 7) is 0. The van der Waals surface area contributed by atoms with E-state index in [0.717, 1.165) is 0 Å². The van der Waals surface area contributed by atoms with Gasteiger partial charge in [-0.3, -0.25) is 0 Å². The molecule has 1 aromatic carbocycles. The Morgan fingerprint density at radius 3 is 3.00 bits per heavy atom. The van der Waals surface area contributed by atoms with Crippen LogP contribution < -0.4 is 4.74 Å². The molecular formula is C11H10FNO. The minimum atomic E-state index is -0.397. The highest BCUT2D eigenvalue weighted by Crippen LogP contribution is 2.23. The number of allylic oxidation sites excluding steroid dienone is 1. The topological polar surface area (TPSA) is 33.0 Å². The Balaban J connectivity index is 2.97. The fourth-order valence-electron chi connectivity index (χ4n) is 1.11. The number of para-hydroxylation sites is 1. The zero-order chi connectivity index (χ0) is 10.4. The molecule has 0 unspecified atom stereocenters. The second kappa shape index (κ2) is 5.03. The Labute approximate surface area is 82.2 Å². The second-order valence-corrected chi connectivity index (χ2v) is 2.63. The third-order valence-electron chi connectivity index (χ3n) is 1.71. The van der Waals surface area contributed by atoms with Crippen molar-refractivity contribution in [3.63, 3.8) is 0 Å². The fraction of sp³-hybridized carbons (Fsp3) is 0.182. The van der Waals surface area contributed by atoms with Gasteiger partial charge in [0.1, 0.15) is 0 Å². The molecule has 0 aromatic heterocycles. The minimum Gasteiger partial charge on any atom is -0.493 e. The predicted octanol–water partition coefficient (Wildman–Crippen LogP) is 2.76. The van der Waals surface area contributed by atoms with Crippen LogP contribution in [0.25, 0.3) is 6.08 Å². The normalized spacial score (nSPS) is 10.1. The Morgan fingerprint density at radius 2 is 2.36 bits per heavy atom. The van der Waals surface area contributed by atoms with Crippen LogP contribution in [0.3, 0.4) is 0 Å². The maximum Gasteiger partial charge on any atom is 0.165 e. The number of halogens is 1. The molecule has 3 heteroatoms. The van der Waals surface area contributed by atoms with E-state index in [0.29, 0.717) is 12.0 Å². The lowest BCUT2D eigenvalue weighted by Crippen LogP contribution is -1.90. The molecule has 2 nitrogen and oxygen atoms in total. The van der Waals surface area contributed by atoms with Crippen molar-refractivity contribution in [2.45, 2.75) is 6.42 Å². The molecule has 0 aliphatic rings. The molecule has 0 aliphatic carbocycles. The third-order valence-corrected chi connectivity index (χ3v) is 1.71. The summed E-state index contributed by atoms with van der Waals surface area (Å²) in [6.07, 6.45) is 3.64.